The quantitative estimate of drug-likeness (QED) is 0.810. The minimum atomic E-state index is 0.486. The van der Waals surface area contributed by atoms with Crippen LogP contribution in [0.5, 0.6) is 0 Å². The van der Waals surface area contributed by atoms with E-state index in [-0.39, 0.29) is 0 Å². The lowest BCUT2D eigenvalue weighted by Crippen LogP contribution is -2.28. The highest BCUT2D eigenvalue weighted by molar-refractivity contribution is 4.84. The van der Waals surface area contributed by atoms with Gasteiger partial charge in [0.05, 0.1) is 7.05 Å². The Morgan fingerprint density at radius 2 is 2.18 bits per heavy atom. The molecule has 1 atom stereocenters. The first kappa shape index (κ1) is 12.5. The molecule has 1 fully saturated rings. The zero-order valence-corrected chi connectivity index (χ0v) is 10.9. The number of hydrogen-bond acceptors (Lipinski definition) is 4. The van der Waals surface area contributed by atoms with E-state index in [0.29, 0.717) is 6.04 Å². The summed E-state index contributed by atoms with van der Waals surface area (Å²) in [4.78, 5) is 1.53. The van der Waals surface area contributed by atoms with Crippen LogP contribution in [0.3, 0.4) is 0 Å². The third-order valence-corrected chi connectivity index (χ3v) is 3.79. The van der Waals surface area contributed by atoms with Gasteiger partial charge in [0.15, 0.2) is 5.82 Å². The molecule has 0 radical (unpaired) electrons. The fourth-order valence-corrected chi connectivity index (χ4v) is 2.71. The normalized spacial score (nSPS) is 18.7. The first-order valence-corrected chi connectivity index (χ1v) is 6.68. The lowest BCUT2D eigenvalue weighted by Gasteiger charge is -2.16. The molecule has 0 saturated heterocycles. The van der Waals surface area contributed by atoms with E-state index < -0.39 is 0 Å². The van der Waals surface area contributed by atoms with Crippen LogP contribution in [0.4, 0.5) is 0 Å². The molecule has 1 saturated carbocycles. The molecule has 1 heterocycles. The maximum atomic E-state index is 4.23. The number of tetrazole rings is 1. The van der Waals surface area contributed by atoms with Crippen molar-refractivity contribution in [2.75, 3.05) is 7.05 Å². The summed E-state index contributed by atoms with van der Waals surface area (Å²) in [5.41, 5.74) is 0. The number of rotatable bonds is 6. The summed E-state index contributed by atoms with van der Waals surface area (Å²) in [6.45, 7) is 0. The summed E-state index contributed by atoms with van der Waals surface area (Å²) in [5.74, 6) is 1.80. The highest BCUT2D eigenvalue weighted by Crippen LogP contribution is 2.29. The number of hydrogen-bond donors (Lipinski definition) is 1. The summed E-state index contributed by atoms with van der Waals surface area (Å²) in [6.07, 6.45) is 9.17. The van der Waals surface area contributed by atoms with Crippen molar-refractivity contribution in [2.45, 2.75) is 51.0 Å². The molecule has 5 nitrogen and oxygen atoms in total. The molecular weight excluding hydrogens is 214 g/mol. The number of aryl methyl sites for hydroxylation is 1. The van der Waals surface area contributed by atoms with Gasteiger partial charge in [0, 0.05) is 12.5 Å². The Morgan fingerprint density at radius 1 is 1.41 bits per heavy atom. The molecule has 1 aromatic heterocycles. The lowest BCUT2D eigenvalue weighted by atomic mass is 9.97. The van der Waals surface area contributed by atoms with E-state index >= 15 is 0 Å². The van der Waals surface area contributed by atoms with E-state index in [4.69, 9.17) is 0 Å². The van der Waals surface area contributed by atoms with Crippen LogP contribution in [0.1, 0.15) is 44.3 Å². The number of likely N-dealkylation sites (N-methyl/N-ethyl adjacent to an activating group) is 1. The molecule has 0 spiro atoms. The molecule has 96 valence electrons. The van der Waals surface area contributed by atoms with Crippen LogP contribution in [0.15, 0.2) is 0 Å². The van der Waals surface area contributed by atoms with Crippen LogP contribution >= 0.6 is 0 Å². The van der Waals surface area contributed by atoms with E-state index in [1.807, 2.05) is 14.1 Å². The molecule has 5 heteroatoms. The van der Waals surface area contributed by atoms with Crippen molar-refractivity contribution in [3.05, 3.63) is 5.82 Å². The molecule has 0 aromatic carbocycles. The largest absolute Gasteiger partial charge is 0.317 e. The first-order chi connectivity index (χ1) is 8.28. The second-order valence-electron chi connectivity index (χ2n) is 5.11. The van der Waals surface area contributed by atoms with E-state index in [0.717, 1.165) is 18.2 Å². The first-order valence-electron chi connectivity index (χ1n) is 6.68. The van der Waals surface area contributed by atoms with Crippen molar-refractivity contribution >= 4 is 0 Å². The molecule has 1 aliphatic carbocycles. The van der Waals surface area contributed by atoms with Crippen LogP contribution in [0.2, 0.25) is 0 Å². The Bertz CT molecular complexity index is 329. The molecule has 1 N–H and O–H groups in total. The van der Waals surface area contributed by atoms with Gasteiger partial charge in [-0.15, -0.1) is 10.2 Å². The fraction of sp³-hybridized carbons (Fsp3) is 0.917. The van der Waals surface area contributed by atoms with E-state index in [1.165, 1.54) is 43.3 Å². The van der Waals surface area contributed by atoms with Gasteiger partial charge in [-0.3, -0.25) is 0 Å². The van der Waals surface area contributed by atoms with Gasteiger partial charge in [-0.1, -0.05) is 25.7 Å². The van der Waals surface area contributed by atoms with E-state index in [1.54, 1.807) is 0 Å². The summed E-state index contributed by atoms with van der Waals surface area (Å²) >= 11 is 0. The molecule has 1 unspecified atom stereocenters. The average Bonchev–Trinajstić information content (AvgIpc) is 2.96. The van der Waals surface area contributed by atoms with Gasteiger partial charge in [-0.25, -0.2) is 0 Å². The standard InChI is InChI=1S/C12H23N5/c1-13-11(8-7-10-5-3-4-6-10)9-12-14-16-17(2)15-12/h10-11,13H,3-9H2,1-2H3. The minimum absolute atomic E-state index is 0.486. The second-order valence-corrected chi connectivity index (χ2v) is 5.11. The third kappa shape index (κ3) is 3.77. The molecular formula is C12H23N5. The number of nitrogens with zero attached hydrogens (tertiary/aromatic N) is 4. The summed E-state index contributed by atoms with van der Waals surface area (Å²) in [7, 11) is 3.83. The predicted octanol–water partition coefficient (Wildman–Crippen LogP) is 1.31. The number of nitrogens with one attached hydrogen (secondary N) is 1. The van der Waals surface area contributed by atoms with Crippen LogP contribution in [0, 0.1) is 5.92 Å². The Balaban J connectivity index is 1.75. The monoisotopic (exact) mass is 237 g/mol. The topological polar surface area (TPSA) is 55.6 Å². The van der Waals surface area contributed by atoms with Crippen molar-refractivity contribution in [1.29, 1.82) is 0 Å². The van der Waals surface area contributed by atoms with Gasteiger partial charge >= 0.3 is 0 Å². The van der Waals surface area contributed by atoms with Gasteiger partial charge in [0.25, 0.3) is 0 Å². The minimum Gasteiger partial charge on any atom is -0.317 e. The summed E-state index contributed by atoms with van der Waals surface area (Å²) in [6, 6.07) is 0.486. The second kappa shape index (κ2) is 6.10. The van der Waals surface area contributed by atoms with Crippen molar-refractivity contribution in [3.8, 4) is 0 Å². The predicted molar refractivity (Wildman–Crippen MR) is 66.5 cm³/mol. The SMILES string of the molecule is CNC(CCC1CCCC1)Cc1nnn(C)n1. The average molecular weight is 237 g/mol. The van der Waals surface area contributed by atoms with Crippen molar-refractivity contribution in [2.24, 2.45) is 13.0 Å². The molecule has 0 bridgehead atoms. The van der Waals surface area contributed by atoms with Gasteiger partial charge in [0.2, 0.25) is 0 Å². The van der Waals surface area contributed by atoms with Gasteiger partial charge < -0.3 is 5.32 Å². The molecule has 1 aliphatic rings. The third-order valence-electron chi connectivity index (χ3n) is 3.79. The molecule has 0 aliphatic heterocycles. The Hall–Kier alpha value is -0.970. The zero-order valence-electron chi connectivity index (χ0n) is 10.9. The molecule has 1 aromatic rings. The van der Waals surface area contributed by atoms with Crippen LogP contribution in [-0.2, 0) is 13.5 Å². The van der Waals surface area contributed by atoms with Gasteiger partial charge in [-0.2, -0.15) is 4.80 Å². The van der Waals surface area contributed by atoms with E-state index in [2.05, 4.69) is 20.7 Å². The molecule has 17 heavy (non-hydrogen) atoms. The molecule has 0 amide bonds. The smallest absolute Gasteiger partial charge is 0.176 e. The number of aromatic nitrogens is 4. The van der Waals surface area contributed by atoms with E-state index in [9.17, 15) is 0 Å². The Labute approximate surface area is 103 Å². The lowest BCUT2D eigenvalue weighted by molar-refractivity contribution is 0.414. The van der Waals surface area contributed by atoms with Crippen molar-refractivity contribution in [3.63, 3.8) is 0 Å². The summed E-state index contributed by atoms with van der Waals surface area (Å²) < 4.78 is 0. The maximum Gasteiger partial charge on any atom is 0.176 e. The Morgan fingerprint density at radius 3 is 2.76 bits per heavy atom. The van der Waals surface area contributed by atoms with Crippen LogP contribution in [-0.4, -0.2) is 33.3 Å². The summed E-state index contributed by atoms with van der Waals surface area (Å²) in [5, 5.41) is 15.5. The van der Waals surface area contributed by atoms with Crippen molar-refractivity contribution < 1.29 is 0 Å². The van der Waals surface area contributed by atoms with Crippen LogP contribution in [0.25, 0.3) is 0 Å². The zero-order chi connectivity index (χ0) is 12.1. The van der Waals surface area contributed by atoms with Gasteiger partial charge in [0.1, 0.15) is 0 Å². The van der Waals surface area contributed by atoms with Crippen LogP contribution < -0.4 is 5.32 Å². The highest BCUT2D eigenvalue weighted by atomic mass is 15.6. The fourth-order valence-electron chi connectivity index (χ4n) is 2.71. The molecule has 2 rings (SSSR count). The van der Waals surface area contributed by atoms with Crippen molar-refractivity contribution in [1.82, 2.24) is 25.5 Å². The van der Waals surface area contributed by atoms with Gasteiger partial charge in [-0.05, 0) is 31.0 Å². The Kier molecular flexibility index (Phi) is 4.48. The maximum absolute atomic E-state index is 4.23. The highest BCUT2D eigenvalue weighted by Gasteiger charge is 2.17.